The maximum atomic E-state index is 13.6. The van der Waals surface area contributed by atoms with E-state index in [9.17, 15) is 28.8 Å². The van der Waals surface area contributed by atoms with Crippen LogP contribution in [0.2, 0.25) is 0 Å². The summed E-state index contributed by atoms with van der Waals surface area (Å²) in [7, 11) is 1.25. The predicted octanol–water partition coefficient (Wildman–Crippen LogP) is 3.53. The van der Waals surface area contributed by atoms with Crippen molar-refractivity contribution >= 4 is 47.5 Å². The number of fused-ring (bicyclic) bond motifs is 1. The van der Waals surface area contributed by atoms with Crippen LogP contribution in [0.15, 0.2) is 72.4 Å². The van der Waals surface area contributed by atoms with Crippen molar-refractivity contribution in [3.63, 3.8) is 0 Å². The largest absolute Gasteiger partial charge is 0.466 e. The summed E-state index contributed by atoms with van der Waals surface area (Å²) in [5.41, 5.74) is 1.90. The fourth-order valence-corrected chi connectivity index (χ4v) is 8.19. The molecule has 0 bridgehead atoms. The summed E-state index contributed by atoms with van der Waals surface area (Å²) in [6, 6.07) is 15.5. The van der Waals surface area contributed by atoms with Gasteiger partial charge in [0.1, 0.15) is 30.1 Å². The molecule has 1 unspecified atom stereocenters. The van der Waals surface area contributed by atoms with Gasteiger partial charge in [0.2, 0.25) is 18.6 Å². The molecule has 2 amide bonds. The third-order valence-electron chi connectivity index (χ3n) is 9.28. The van der Waals surface area contributed by atoms with Gasteiger partial charge in [-0.15, -0.1) is 11.8 Å². The number of rotatable bonds is 13. The maximum absolute atomic E-state index is 13.6. The fraction of sp³-hybridized carbons (Fsp3) is 0.459. The van der Waals surface area contributed by atoms with E-state index in [0.29, 0.717) is 36.9 Å². The third-order valence-corrected chi connectivity index (χ3v) is 10.9. The second-order valence-electron chi connectivity index (χ2n) is 13.3. The molecule has 0 spiro atoms. The number of amides is 2. The Labute approximate surface area is 300 Å². The van der Waals surface area contributed by atoms with Crippen LogP contribution in [-0.2, 0) is 54.3 Å². The number of esters is 4. The van der Waals surface area contributed by atoms with Crippen molar-refractivity contribution in [1.29, 1.82) is 0 Å². The Hall–Kier alpha value is -4.85. The van der Waals surface area contributed by atoms with Gasteiger partial charge in [-0.2, -0.15) is 0 Å². The van der Waals surface area contributed by atoms with Gasteiger partial charge in [0, 0.05) is 16.5 Å². The van der Waals surface area contributed by atoms with Gasteiger partial charge in [0.05, 0.1) is 18.9 Å². The minimum atomic E-state index is -0.975. The van der Waals surface area contributed by atoms with Crippen molar-refractivity contribution in [3.05, 3.63) is 83.6 Å². The summed E-state index contributed by atoms with van der Waals surface area (Å²) >= 11 is 1.36. The van der Waals surface area contributed by atoms with E-state index in [1.807, 2.05) is 30.3 Å². The highest BCUT2D eigenvalue weighted by molar-refractivity contribution is 8.01. The smallest absolute Gasteiger partial charge is 0.333 e. The summed E-state index contributed by atoms with van der Waals surface area (Å²) in [5.74, 6) is -3.77. The summed E-state index contributed by atoms with van der Waals surface area (Å²) in [6.45, 7) is 4.82. The average Bonchev–Trinajstić information content (AvgIpc) is 3.39. The van der Waals surface area contributed by atoms with E-state index < -0.39 is 70.7 Å². The molecule has 4 atom stereocenters. The lowest BCUT2D eigenvalue weighted by molar-refractivity contribution is -0.179. The van der Waals surface area contributed by atoms with E-state index in [2.05, 4.69) is 15.4 Å². The Morgan fingerprint density at radius 1 is 0.882 bits per heavy atom. The van der Waals surface area contributed by atoms with Crippen LogP contribution >= 0.6 is 11.8 Å². The molecule has 2 aliphatic heterocycles. The summed E-state index contributed by atoms with van der Waals surface area (Å²) in [4.78, 5) is 78.7. The van der Waals surface area contributed by atoms with E-state index >= 15 is 0 Å². The molecular weight excluding hydrogens is 678 g/mol. The van der Waals surface area contributed by atoms with Crippen molar-refractivity contribution in [2.45, 2.75) is 81.3 Å². The van der Waals surface area contributed by atoms with Crippen LogP contribution in [0.3, 0.4) is 0 Å². The SMILES string of the molecule is COC(=O)C=C(C)NC(C(=O)N[C@@H]1C(=O)N2[C@@H]1SC(C)(C)[C@@H]2C(=O)OCOC(=O)C1CCC(C(=O)OCc2ccccc2)CC1)c1ccccc1. The summed E-state index contributed by atoms with van der Waals surface area (Å²) in [5, 5.41) is 5.31. The molecule has 14 heteroatoms. The minimum absolute atomic E-state index is 0.200. The second-order valence-corrected chi connectivity index (χ2v) is 15.0. The standard InChI is InChI=1S/C37H43N3O10S/c1-22(19-27(41)47-4)38-28(24-13-9-6-10-14-24)31(42)39-29-32(43)40-30(37(2,3)51-33(29)40)36(46)50-21-49-35(45)26-17-15-25(16-18-26)34(44)48-20-23-11-7-5-8-12-23/h5-14,19,25-26,28-30,33,38H,15-18,20-21H2,1-4H3,(H,39,42)/t25?,26?,28?,29-,30+,33-/m1/s1. The summed E-state index contributed by atoms with van der Waals surface area (Å²) < 4.78 is 20.0. The molecule has 13 nitrogen and oxygen atoms in total. The average molecular weight is 722 g/mol. The number of β-lactam (4-membered cyclic amide) rings is 1. The molecular formula is C37H43N3O10S. The molecule has 2 aromatic carbocycles. The van der Waals surface area contributed by atoms with Gasteiger partial charge in [-0.1, -0.05) is 60.7 Å². The predicted molar refractivity (Wildman–Crippen MR) is 185 cm³/mol. The molecule has 0 radical (unpaired) electrons. The molecule has 2 heterocycles. The van der Waals surface area contributed by atoms with Crippen LogP contribution in [0.1, 0.15) is 63.6 Å². The van der Waals surface area contributed by atoms with Gasteiger partial charge in [-0.3, -0.25) is 19.2 Å². The number of benzene rings is 2. The van der Waals surface area contributed by atoms with Crippen LogP contribution < -0.4 is 10.6 Å². The first-order valence-corrected chi connectivity index (χ1v) is 17.7. The molecule has 1 saturated carbocycles. The normalized spacial score (nSPS) is 24.2. The molecule has 1 aliphatic carbocycles. The Balaban J connectivity index is 1.10. The topological polar surface area (TPSA) is 167 Å². The molecule has 272 valence electrons. The van der Waals surface area contributed by atoms with Gasteiger partial charge in [-0.05, 0) is 57.6 Å². The van der Waals surface area contributed by atoms with Crippen molar-refractivity contribution in [2.24, 2.45) is 11.8 Å². The lowest BCUT2D eigenvalue weighted by Gasteiger charge is -2.44. The molecule has 0 aromatic heterocycles. The van der Waals surface area contributed by atoms with Gasteiger partial charge in [-0.25, -0.2) is 9.59 Å². The van der Waals surface area contributed by atoms with E-state index in [-0.39, 0.29) is 18.5 Å². The number of hydrogen-bond donors (Lipinski definition) is 2. The highest BCUT2D eigenvalue weighted by atomic mass is 32.2. The minimum Gasteiger partial charge on any atom is -0.466 e. The number of methoxy groups -OCH3 is 1. The summed E-state index contributed by atoms with van der Waals surface area (Å²) in [6.07, 6.45) is 3.09. The van der Waals surface area contributed by atoms with Crippen molar-refractivity contribution < 1.29 is 47.7 Å². The number of nitrogens with one attached hydrogen (secondary N) is 2. The zero-order chi connectivity index (χ0) is 36.7. The van der Waals surface area contributed by atoms with Gasteiger partial charge in [0.15, 0.2) is 0 Å². The highest BCUT2D eigenvalue weighted by Crippen LogP contribution is 2.51. The molecule has 3 fully saturated rings. The number of ether oxygens (including phenoxy) is 4. The quantitative estimate of drug-likeness (QED) is 0.102. The first kappa shape index (κ1) is 37.4. The molecule has 3 aliphatic rings. The molecule has 5 rings (SSSR count). The van der Waals surface area contributed by atoms with E-state index in [1.165, 1.54) is 29.8 Å². The van der Waals surface area contributed by atoms with Crippen LogP contribution in [0, 0.1) is 11.8 Å². The lowest BCUT2D eigenvalue weighted by atomic mass is 9.82. The Kier molecular flexibility index (Phi) is 12.1. The number of allylic oxidation sites excluding steroid dienone is 1. The second kappa shape index (κ2) is 16.4. The number of thioether (sulfide) groups is 1. The number of nitrogens with zero attached hydrogens (tertiary/aromatic N) is 1. The van der Waals surface area contributed by atoms with Crippen molar-refractivity contribution in [2.75, 3.05) is 13.9 Å². The van der Waals surface area contributed by atoms with Crippen molar-refractivity contribution in [3.8, 4) is 0 Å². The van der Waals surface area contributed by atoms with Gasteiger partial charge in [0.25, 0.3) is 0 Å². The zero-order valence-corrected chi connectivity index (χ0v) is 29.8. The van der Waals surface area contributed by atoms with Crippen LogP contribution in [0.25, 0.3) is 0 Å². The number of hydrogen-bond acceptors (Lipinski definition) is 12. The number of carbonyl (C=O) groups is 6. The zero-order valence-electron chi connectivity index (χ0n) is 29.0. The van der Waals surface area contributed by atoms with Crippen molar-refractivity contribution in [1.82, 2.24) is 15.5 Å². The van der Waals surface area contributed by atoms with Gasteiger partial charge >= 0.3 is 23.9 Å². The van der Waals surface area contributed by atoms with Crippen LogP contribution in [-0.4, -0.2) is 76.7 Å². The van der Waals surface area contributed by atoms with Crippen LogP contribution in [0.4, 0.5) is 0 Å². The number of carbonyl (C=O) groups excluding carboxylic acids is 6. The van der Waals surface area contributed by atoms with E-state index in [4.69, 9.17) is 14.2 Å². The Morgan fingerprint density at radius 3 is 2.06 bits per heavy atom. The first-order valence-electron chi connectivity index (χ1n) is 16.8. The monoisotopic (exact) mass is 721 g/mol. The van der Waals surface area contributed by atoms with Gasteiger partial charge < -0.3 is 34.5 Å². The third kappa shape index (κ3) is 8.91. The molecule has 2 aromatic rings. The Morgan fingerprint density at radius 2 is 1.45 bits per heavy atom. The fourth-order valence-electron chi connectivity index (χ4n) is 6.57. The highest BCUT2D eigenvalue weighted by Gasteiger charge is 2.64. The first-order chi connectivity index (χ1) is 24.4. The molecule has 2 saturated heterocycles. The molecule has 2 N–H and O–H groups in total. The van der Waals surface area contributed by atoms with E-state index in [1.54, 1.807) is 51.1 Å². The van der Waals surface area contributed by atoms with E-state index in [0.717, 1.165) is 5.56 Å². The maximum Gasteiger partial charge on any atom is 0.333 e. The molecule has 51 heavy (non-hydrogen) atoms. The lowest BCUT2D eigenvalue weighted by Crippen LogP contribution is -2.71. The Bertz CT molecular complexity index is 1640. The van der Waals surface area contributed by atoms with Crippen LogP contribution in [0.5, 0.6) is 0 Å².